The minimum absolute atomic E-state index is 0.408. The zero-order valence-electron chi connectivity index (χ0n) is 11.3. The molecule has 18 heavy (non-hydrogen) atoms. The maximum atomic E-state index is 4.29. The second-order valence-corrected chi connectivity index (χ2v) is 5.42. The molecular weight excluding hydrogens is 224 g/mol. The number of likely N-dealkylation sites (N-methyl/N-ethyl adjacent to an activating group) is 1. The highest BCUT2D eigenvalue weighted by atomic mass is 15.4. The average molecular weight is 246 g/mol. The molecule has 0 aromatic carbocycles. The number of hydrogen-bond acceptors (Lipinski definition) is 3. The SMILES string of the molecule is C=C1C(CC)N(C2CCCC2)c2[nH]ncc2N1C. The molecule has 1 atom stereocenters. The molecule has 0 amide bonds. The van der Waals surface area contributed by atoms with Gasteiger partial charge in [-0.25, -0.2) is 0 Å². The predicted octanol–water partition coefficient (Wildman–Crippen LogP) is 2.90. The molecule has 1 aliphatic heterocycles. The van der Waals surface area contributed by atoms with Gasteiger partial charge in [-0.2, -0.15) is 5.10 Å². The molecule has 1 aromatic heterocycles. The number of hydrogen-bond donors (Lipinski definition) is 1. The summed E-state index contributed by atoms with van der Waals surface area (Å²) in [5.41, 5.74) is 2.36. The van der Waals surface area contributed by atoms with Gasteiger partial charge in [0.1, 0.15) is 11.5 Å². The highest BCUT2D eigenvalue weighted by Crippen LogP contribution is 2.41. The molecule has 3 rings (SSSR count). The fourth-order valence-corrected chi connectivity index (χ4v) is 3.45. The summed E-state index contributed by atoms with van der Waals surface area (Å²) in [7, 11) is 2.09. The van der Waals surface area contributed by atoms with Gasteiger partial charge in [0.15, 0.2) is 0 Å². The highest BCUT2D eigenvalue weighted by Gasteiger charge is 2.37. The van der Waals surface area contributed by atoms with Crippen LogP contribution in [0.5, 0.6) is 0 Å². The van der Waals surface area contributed by atoms with Crippen molar-refractivity contribution in [3.63, 3.8) is 0 Å². The summed E-state index contributed by atoms with van der Waals surface area (Å²) >= 11 is 0. The van der Waals surface area contributed by atoms with Gasteiger partial charge < -0.3 is 9.80 Å². The van der Waals surface area contributed by atoms with Crippen molar-refractivity contribution in [3.05, 3.63) is 18.5 Å². The number of nitrogens with zero attached hydrogens (tertiary/aromatic N) is 3. The number of nitrogens with one attached hydrogen (secondary N) is 1. The normalized spacial score (nSPS) is 24.8. The summed E-state index contributed by atoms with van der Waals surface area (Å²) < 4.78 is 0. The molecule has 0 bridgehead atoms. The van der Waals surface area contributed by atoms with E-state index in [1.165, 1.54) is 37.2 Å². The van der Waals surface area contributed by atoms with Crippen molar-refractivity contribution in [2.45, 2.75) is 51.1 Å². The molecule has 1 aromatic rings. The predicted molar refractivity (Wildman–Crippen MR) is 74.9 cm³/mol. The van der Waals surface area contributed by atoms with Crippen molar-refractivity contribution in [1.29, 1.82) is 0 Å². The van der Waals surface area contributed by atoms with Crippen LogP contribution in [0.4, 0.5) is 11.5 Å². The molecular formula is C14H22N4. The van der Waals surface area contributed by atoms with E-state index in [0.717, 1.165) is 12.1 Å². The number of rotatable bonds is 2. The zero-order valence-corrected chi connectivity index (χ0v) is 11.3. The summed E-state index contributed by atoms with van der Waals surface area (Å²) in [4.78, 5) is 4.72. The molecule has 4 nitrogen and oxygen atoms in total. The minimum Gasteiger partial charge on any atom is -0.344 e. The first-order valence-electron chi connectivity index (χ1n) is 6.98. The average Bonchev–Trinajstić information content (AvgIpc) is 3.03. The smallest absolute Gasteiger partial charge is 0.149 e. The van der Waals surface area contributed by atoms with E-state index in [-0.39, 0.29) is 0 Å². The van der Waals surface area contributed by atoms with E-state index in [1.807, 2.05) is 6.20 Å². The Morgan fingerprint density at radius 3 is 2.83 bits per heavy atom. The molecule has 1 unspecified atom stereocenters. The Kier molecular flexibility index (Phi) is 2.80. The molecule has 4 heteroatoms. The number of aromatic amines is 1. The van der Waals surface area contributed by atoms with Crippen molar-refractivity contribution in [2.24, 2.45) is 0 Å². The van der Waals surface area contributed by atoms with Crippen LogP contribution in [-0.4, -0.2) is 29.3 Å². The summed E-state index contributed by atoms with van der Waals surface area (Å²) in [6, 6.07) is 1.06. The van der Waals surface area contributed by atoms with Crippen LogP contribution < -0.4 is 9.80 Å². The maximum absolute atomic E-state index is 4.29. The van der Waals surface area contributed by atoms with Crippen LogP contribution in [0.15, 0.2) is 18.5 Å². The van der Waals surface area contributed by atoms with E-state index < -0.39 is 0 Å². The number of H-pyrrole nitrogens is 1. The first-order chi connectivity index (χ1) is 8.74. The number of anilines is 2. The Hall–Kier alpha value is -1.45. The molecule has 2 aliphatic rings. The van der Waals surface area contributed by atoms with Crippen molar-refractivity contribution in [3.8, 4) is 0 Å². The second-order valence-electron chi connectivity index (χ2n) is 5.42. The third kappa shape index (κ3) is 1.55. The Balaban J connectivity index is 2.03. The molecule has 1 aliphatic carbocycles. The van der Waals surface area contributed by atoms with E-state index in [2.05, 4.69) is 40.5 Å². The quantitative estimate of drug-likeness (QED) is 0.871. The topological polar surface area (TPSA) is 35.2 Å². The van der Waals surface area contributed by atoms with Gasteiger partial charge in [0.25, 0.3) is 0 Å². The Morgan fingerprint density at radius 1 is 1.44 bits per heavy atom. The fourth-order valence-electron chi connectivity index (χ4n) is 3.45. The van der Waals surface area contributed by atoms with Gasteiger partial charge in [-0.1, -0.05) is 26.3 Å². The van der Waals surface area contributed by atoms with E-state index in [0.29, 0.717) is 12.1 Å². The largest absolute Gasteiger partial charge is 0.344 e. The second kappa shape index (κ2) is 4.34. The summed E-state index contributed by atoms with van der Waals surface area (Å²) in [5, 5.41) is 7.42. The van der Waals surface area contributed by atoms with Gasteiger partial charge in [-0.05, 0) is 19.3 Å². The monoisotopic (exact) mass is 246 g/mol. The molecule has 1 fully saturated rings. The lowest BCUT2D eigenvalue weighted by molar-refractivity contribution is 0.514. The van der Waals surface area contributed by atoms with Gasteiger partial charge >= 0.3 is 0 Å². The molecule has 2 heterocycles. The van der Waals surface area contributed by atoms with Crippen LogP contribution in [0, 0.1) is 0 Å². The molecule has 98 valence electrons. The third-order valence-electron chi connectivity index (χ3n) is 4.48. The molecule has 1 saturated carbocycles. The maximum Gasteiger partial charge on any atom is 0.149 e. The van der Waals surface area contributed by atoms with E-state index >= 15 is 0 Å². The fraction of sp³-hybridized carbons (Fsp3) is 0.643. The summed E-state index contributed by atoms with van der Waals surface area (Å²) in [5.74, 6) is 1.18. The highest BCUT2D eigenvalue weighted by molar-refractivity contribution is 5.74. The van der Waals surface area contributed by atoms with Crippen LogP contribution in [0.25, 0.3) is 0 Å². The molecule has 0 radical (unpaired) electrons. The first-order valence-corrected chi connectivity index (χ1v) is 6.98. The summed E-state index contributed by atoms with van der Waals surface area (Å²) in [6.07, 6.45) is 8.30. The molecule has 1 N–H and O–H groups in total. The van der Waals surface area contributed by atoms with Crippen LogP contribution in [0.3, 0.4) is 0 Å². The van der Waals surface area contributed by atoms with Gasteiger partial charge in [0.05, 0.1) is 12.2 Å². The van der Waals surface area contributed by atoms with Crippen LogP contribution in [0.1, 0.15) is 39.0 Å². The van der Waals surface area contributed by atoms with Gasteiger partial charge in [-0.3, -0.25) is 5.10 Å². The lowest BCUT2D eigenvalue weighted by Crippen LogP contribution is -2.49. The van der Waals surface area contributed by atoms with Crippen molar-refractivity contribution < 1.29 is 0 Å². The lowest BCUT2D eigenvalue weighted by Gasteiger charge is -2.45. The standard InChI is InChI=1S/C14H22N4/c1-4-12-10(2)17(3)13-9-15-16-14(13)18(12)11-7-5-6-8-11/h9,11-12H,2,4-8H2,1,3H3,(H,15,16). The Bertz CT molecular complexity index is 444. The van der Waals surface area contributed by atoms with Crippen molar-refractivity contribution >= 4 is 11.5 Å². The van der Waals surface area contributed by atoms with E-state index in [1.54, 1.807) is 0 Å². The van der Waals surface area contributed by atoms with Crippen LogP contribution >= 0.6 is 0 Å². The first kappa shape index (κ1) is 11.6. The van der Waals surface area contributed by atoms with Gasteiger partial charge in [-0.15, -0.1) is 0 Å². The van der Waals surface area contributed by atoms with E-state index in [4.69, 9.17) is 0 Å². The molecule has 0 saturated heterocycles. The van der Waals surface area contributed by atoms with Gasteiger partial charge in [0, 0.05) is 18.8 Å². The van der Waals surface area contributed by atoms with Crippen LogP contribution in [-0.2, 0) is 0 Å². The van der Waals surface area contributed by atoms with Crippen molar-refractivity contribution in [1.82, 2.24) is 10.2 Å². The van der Waals surface area contributed by atoms with Crippen LogP contribution in [0.2, 0.25) is 0 Å². The third-order valence-corrected chi connectivity index (χ3v) is 4.48. The molecule has 0 spiro atoms. The van der Waals surface area contributed by atoms with Gasteiger partial charge in [0.2, 0.25) is 0 Å². The zero-order chi connectivity index (χ0) is 12.7. The Morgan fingerprint density at radius 2 is 2.17 bits per heavy atom. The van der Waals surface area contributed by atoms with Crippen molar-refractivity contribution in [2.75, 3.05) is 16.8 Å². The lowest BCUT2D eigenvalue weighted by atomic mass is 10.0. The van der Waals surface area contributed by atoms with E-state index in [9.17, 15) is 0 Å². The summed E-state index contributed by atoms with van der Waals surface area (Å²) in [6.45, 7) is 6.53. The Labute approximate surface area is 109 Å². The number of aromatic nitrogens is 2. The number of fused-ring (bicyclic) bond motifs is 1. The minimum atomic E-state index is 0.408.